The average Bonchev–Trinajstić information content (AvgIpc) is 3.17. The van der Waals surface area contributed by atoms with Crippen molar-refractivity contribution in [3.63, 3.8) is 0 Å². The number of piperazine rings is 1. The van der Waals surface area contributed by atoms with Crippen molar-refractivity contribution < 1.29 is 0 Å². The van der Waals surface area contributed by atoms with Crippen LogP contribution in [0.4, 0.5) is 5.69 Å². The van der Waals surface area contributed by atoms with Gasteiger partial charge in [0.15, 0.2) is 5.65 Å². The van der Waals surface area contributed by atoms with Gasteiger partial charge in [0.2, 0.25) is 0 Å². The van der Waals surface area contributed by atoms with Crippen LogP contribution in [0.25, 0.3) is 5.65 Å². The Morgan fingerprint density at radius 3 is 2.86 bits per heavy atom. The van der Waals surface area contributed by atoms with E-state index in [1.54, 1.807) is 10.8 Å². The summed E-state index contributed by atoms with van der Waals surface area (Å²) in [5.41, 5.74) is 3.34. The molecule has 0 bridgehead atoms. The number of rotatable bonds is 3. The molecule has 0 spiro atoms. The third-order valence-corrected chi connectivity index (χ3v) is 5.23. The molecular formula is C15H18N6S. The second kappa shape index (κ2) is 5.66. The van der Waals surface area contributed by atoms with Crippen molar-refractivity contribution in [1.29, 1.82) is 0 Å². The molecule has 4 rings (SSSR count). The highest BCUT2D eigenvalue weighted by atomic mass is 32.1. The number of aryl methyl sites for hydroxylation is 1. The van der Waals surface area contributed by atoms with Crippen molar-refractivity contribution >= 4 is 22.7 Å². The lowest BCUT2D eigenvalue weighted by Gasteiger charge is -2.35. The fourth-order valence-corrected chi connectivity index (χ4v) is 3.77. The summed E-state index contributed by atoms with van der Waals surface area (Å²) in [4.78, 5) is 6.39. The highest BCUT2D eigenvalue weighted by molar-refractivity contribution is 7.10. The maximum atomic E-state index is 4.35. The fourth-order valence-electron chi connectivity index (χ4n) is 2.82. The van der Waals surface area contributed by atoms with Crippen LogP contribution >= 0.6 is 11.3 Å². The van der Waals surface area contributed by atoms with E-state index in [1.165, 1.54) is 10.4 Å². The Kier molecular flexibility index (Phi) is 3.51. The van der Waals surface area contributed by atoms with Gasteiger partial charge in [-0.05, 0) is 23.9 Å². The molecule has 0 aliphatic carbocycles. The van der Waals surface area contributed by atoms with Crippen LogP contribution in [0, 0.1) is 6.92 Å². The van der Waals surface area contributed by atoms with Crippen molar-refractivity contribution in [3.05, 3.63) is 40.5 Å². The Morgan fingerprint density at radius 2 is 2.09 bits per heavy atom. The van der Waals surface area contributed by atoms with Gasteiger partial charge >= 0.3 is 0 Å². The Labute approximate surface area is 133 Å². The molecule has 114 valence electrons. The molecule has 4 heterocycles. The van der Waals surface area contributed by atoms with E-state index in [1.807, 2.05) is 17.5 Å². The number of nitrogens with zero attached hydrogens (tertiary/aromatic N) is 6. The summed E-state index contributed by atoms with van der Waals surface area (Å²) in [6.07, 6.45) is 3.52. The molecule has 0 N–H and O–H groups in total. The normalized spacial score (nSPS) is 16.5. The number of hydrogen-bond donors (Lipinski definition) is 0. The predicted octanol–water partition coefficient (Wildman–Crippen LogP) is 1.82. The topological polar surface area (TPSA) is 49.6 Å². The minimum Gasteiger partial charge on any atom is -0.368 e. The summed E-state index contributed by atoms with van der Waals surface area (Å²) in [6, 6.07) is 4.26. The van der Waals surface area contributed by atoms with Crippen molar-refractivity contribution in [2.45, 2.75) is 13.5 Å². The summed E-state index contributed by atoms with van der Waals surface area (Å²) in [5.74, 6) is 0. The first-order valence-electron chi connectivity index (χ1n) is 7.46. The fraction of sp³-hybridized carbons (Fsp3) is 0.400. The maximum Gasteiger partial charge on any atom is 0.179 e. The Bertz CT molecular complexity index is 771. The summed E-state index contributed by atoms with van der Waals surface area (Å²) in [5, 5.41) is 14.5. The van der Waals surface area contributed by atoms with Gasteiger partial charge in [-0.2, -0.15) is 5.10 Å². The average molecular weight is 314 g/mol. The van der Waals surface area contributed by atoms with Crippen LogP contribution in [0.1, 0.15) is 10.4 Å². The van der Waals surface area contributed by atoms with E-state index in [-0.39, 0.29) is 0 Å². The molecule has 1 fully saturated rings. The zero-order valence-electron chi connectivity index (χ0n) is 12.5. The van der Waals surface area contributed by atoms with Crippen molar-refractivity contribution in [2.75, 3.05) is 31.1 Å². The highest BCUT2D eigenvalue weighted by Gasteiger charge is 2.19. The van der Waals surface area contributed by atoms with Gasteiger partial charge in [0, 0.05) is 43.7 Å². The molecule has 3 aromatic heterocycles. The van der Waals surface area contributed by atoms with Crippen LogP contribution in [-0.2, 0) is 6.54 Å². The van der Waals surface area contributed by atoms with E-state index in [0.717, 1.165) is 44.1 Å². The highest BCUT2D eigenvalue weighted by Crippen LogP contribution is 2.21. The predicted molar refractivity (Wildman–Crippen MR) is 87.3 cm³/mol. The van der Waals surface area contributed by atoms with Gasteiger partial charge in [0.05, 0.1) is 11.9 Å². The molecule has 0 saturated carbocycles. The number of thiophene rings is 1. The van der Waals surface area contributed by atoms with E-state index >= 15 is 0 Å². The van der Waals surface area contributed by atoms with Crippen LogP contribution in [0.15, 0.2) is 30.0 Å². The lowest BCUT2D eigenvalue weighted by atomic mass is 10.2. The van der Waals surface area contributed by atoms with Crippen LogP contribution in [0.2, 0.25) is 0 Å². The van der Waals surface area contributed by atoms with E-state index in [9.17, 15) is 0 Å². The summed E-state index contributed by atoms with van der Waals surface area (Å²) >= 11 is 1.86. The number of anilines is 1. The first-order valence-corrected chi connectivity index (χ1v) is 8.34. The largest absolute Gasteiger partial charge is 0.368 e. The molecule has 3 aromatic rings. The molecule has 0 radical (unpaired) electrons. The van der Waals surface area contributed by atoms with Gasteiger partial charge in [-0.3, -0.25) is 4.90 Å². The van der Waals surface area contributed by atoms with Gasteiger partial charge in [-0.25, -0.2) is 4.52 Å². The van der Waals surface area contributed by atoms with E-state index in [2.05, 4.69) is 49.5 Å². The van der Waals surface area contributed by atoms with Gasteiger partial charge in [0.25, 0.3) is 0 Å². The van der Waals surface area contributed by atoms with Gasteiger partial charge in [-0.15, -0.1) is 21.5 Å². The Morgan fingerprint density at radius 1 is 1.23 bits per heavy atom. The first-order chi connectivity index (χ1) is 10.8. The maximum absolute atomic E-state index is 4.35. The molecule has 0 atom stereocenters. The monoisotopic (exact) mass is 314 g/mol. The Balaban J connectivity index is 1.41. The molecule has 0 amide bonds. The van der Waals surface area contributed by atoms with Gasteiger partial charge < -0.3 is 4.90 Å². The molecule has 1 aliphatic heterocycles. The summed E-state index contributed by atoms with van der Waals surface area (Å²) in [7, 11) is 0. The van der Waals surface area contributed by atoms with Crippen LogP contribution < -0.4 is 4.90 Å². The molecule has 0 aromatic carbocycles. The third kappa shape index (κ3) is 2.57. The minimum absolute atomic E-state index is 0.800. The van der Waals surface area contributed by atoms with Crippen LogP contribution in [0.5, 0.6) is 0 Å². The molecule has 6 nitrogen and oxygen atoms in total. The minimum atomic E-state index is 0.800. The van der Waals surface area contributed by atoms with E-state index < -0.39 is 0 Å². The second-order valence-electron chi connectivity index (χ2n) is 5.64. The Hall–Kier alpha value is -1.99. The summed E-state index contributed by atoms with van der Waals surface area (Å²) < 4.78 is 1.69. The van der Waals surface area contributed by atoms with Crippen LogP contribution in [-0.4, -0.2) is 50.9 Å². The van der Waals surface area contributed by atoms with Crippen molar-refractivity contribution in [1.82, 2.24) is 24.7 Å². The van der Waals surface area contributed by atoms with Gasteiger partial charge in [-0.1, -0.05) is 0 Å². The first kappa shape index (κ1) is 13.7. The number of fused-ring (bicyclic) bond motifs is 1. The number of aromatic nitrogens is 4. The lowest BCUT2D eigenvalue weighted by molar-refractivity contribution is 0.251. The van der Waals surface area contributed by atoms with Crippen molar-refractivity contribution in [3.8, 4) is 0 Å². The number of hydrogen-bond acceptors (Lipinski definition) is 6. The third-order valence-electron chi connectivity index (χ3n) is 4.22. The quantitative estimate of drug-likeness (QED) is 0.738. The molecule has 1 saturated heterocycles. The standard InChI is InChI=1S/C15H18N6S/c1-12-2-7-22-14(12)10-19-3-5-20(6-4-19)13-8-15-18-16-11-21(15)17-9-13/h2,7-9,11H,3-6,10H2,1H3. The zero-order chi connectivity index (χ0) is 14.9. The second-order valence-corrected chi connectivity index (χ2v) is 6.64. The smallest absolute Gasteiger partial charge is 0.179 e. The zero-order valence-corrected chi connectivity index (χ0v) is 13.3. The van der Waals surface area contributed by atoms with Gasteiger partial charge in [0.1, 0.15) is 6.33 Å². The van der Waals surface area contributed by atoms with Crippen molar-refractivity contribution in [2.24, 2.45) is 0 Å². The van der Waals surface area contributed by atoms with E-state index in [0.29, 0.717) is 0 Å². The molecular weight excluding hydrogens is 296 g/mol. The van der Waals surface area contributed by atoms with E-state index in [4.69, 9.17) is 0 Å². The molecule has 0 unspecified atom stereocenters. The molecule has 7 heteroatoms. The lowest BCUT2D eigenvalue weighted by Crippen LogP contribution is -2.46. The summed E-state index contributed by atoms with van der Waals surface area (Å²) in [6.45, 7) is 7.47. The SMILES string of the molecule is Cc1ccsc1CN1CCN(c2cnn3cnnc3c2)CC1. The molecule has 1 aliphatic rings. The van der Waals surface area contributed by atoms with Crippen LogP contribution in [0.3, 0.4) is 0 Å². The molecule has 22 heavy (non-hydrogen) atoms.